The van der Waals surface area contributed by atoms with Crippen LogP contribution in [0.2, 0.25) is 0 Å². The third kappa shape index (κ3) is 3.55. The molecule has 2 saturated heterocycles. The highest BCUT2D eigenvalue weighted by molar-refractivity contribution is 5.90. The van der Waals surface area contributed by atoms with Gasteiger partial charge >= 0.3 is 0 Å². The standard InChI is InChI=1S/C32H30N6/c1-3-18(29-15-33-31(37-29)27-13-23-11-25(23)35-27)4-2-17(1)19-5-6-21-10-22(8-7-20(21)9-19)30-16-34-32(38-30)28-14-24-12-26(24)36-28/h1-10,15-16,23-28,35-36H,11-14H2,(H,33,37)(H,34,38)/t23-,24-,25-,26-,27-,28-/m0/s1. The largest absolute Gasteiger partial charge is 0.347 e. The van der Waals surface area contributed by atoms with E-state index in [0.717, 1.165) is 58.1 Å². The van der Waals surface area contributed by atoms with E-state index in [2.05, 4.69) is 81.3 Å². The summed E-state index contributed by atoms with van der Waals surface area (Å²) in [5.74, 6) is 3.87. The van der Waals surface area contributed by atoms with Crippen molar-refractivity contribution in [2.24, 2.45) is 11.8 Å². The molecule has 2 aliphatic heterocycles. The van der Waals surface area contributed by atoms with Crippen LogP contribution in [0, 0.1) is 11.8 Å². The quantitative estimate of drug-likeness (QED) is 0.235. The molecule has 2 aliphatic carbocycles. The maximum atomic E-state index is 4.92. The molecule has 6 nitrogen and oxygen atoms in total. The third-order valence-corrected chi connectivity index (χ3v) is 9.26. The molecule has 9 rings (SSSR count). The van der Waals surface area contributed by atoms with E-state index in [1.165, 1.54) is 47.6 Å². The lowest BCUT2D eigenvalue weighted by molar-refractivity contribution is 0.543. The lowest BCUT2D eigenvalue weighted by Crippen LogP contribution is -2.18. The molecule has 0 unspecified atom stereocenters. The monoisotopic (exact) mass is 498 g/mol. The van der Waals surface area contributed by atoms with Crippen molar-refractivity contribution in [1.82, 2.24) is 30.6 Å². The lowest BCUT2D eigenvalue weighted by atomic mass is 9.98. The Morgan fingerprint density at radius 1 is 0.526 bits per heavy atom. The van der Waals surface area contributed by atoms with Crippen LogP contribution in [-0.2, 0) is 0 Å². The molecule has 0 amide bonds. The normalized spacial score (nSPS) is 28.9. The van der Waals surface area contributed by atoms with Crippen LogP contribution in [0.5, 0.6) is 0 Å². The Bertz CT molecular complexity index is 1660. The first-order valence-corrected chi connectivity index (χ1v) is 14.0. The van der Waals surface area contributed by atoms with Crippen molar-refractivity contribution >= 4 is 10.8 Å². The molecular formula is C32H30N6. The molecule has 2 aromatic heterocycles. The number of H-pyrrole nitrogens is 2. The van der Waals surface area contributed by atoms with E-state index in [4.69, 9.17) is 9.97 Å². The number of piperidine rings is 2. The van der Waals surface area contributed by atoms with E-state index in [0.29, 0.717) is 12.1 Å². The van der Waals surface area contributed by atoms with Gasteiger partial charge in [-0.2, -0.15) is 0 Å². The molecule has 38 heavy (non-hydrogen) atoms. The Morgan fingerprint density at radius 3 is 1.61 bits per heavy atom. The molecular weight excluding hydrogens is 468 g/mol. The molecule has 4 N–H and O–H groups in total. The number of rotatable bonds is 5. The minimum atomic E-state index is 0.381. The molecule has 0 bridgehead atoms. The van der Waals surface area contributed by atoms with Crippen molar-refractivity contribution in [3.63, 3.8) is 0 Å². The van der Waals surface area contributed by atoms with Crippen molar-refractivity contribution in [1.29, 1.82) is 0 Å². The van der Waals surface area contributed by atoms with Crippen molar-refractivity contribution in [3.8, 4) is 33.6 Å². The predicted octanol–water partition coefficient (Wildman–Crippen LogP) is 6.13. The first kappa shape index (κ1) is 21.2. The Labute approximate surface area is 221 Å². The highest BCUT2D eigenvalue weighted by atomic mass is 15.1. The van der Waals surface area contributed by atoms with Gasteiger partial charge in [-0.15, -0.1) is 0 Å². The van der Waals surface area contributed by atoms with E-state index in [1.54, 1.807) is 0 Å². The number of aromatic amines is 2. The van der Waals surface area contributed by atoms with Gasteiger partial charge in [-0.25, -0.2) is 9.97 Å². The van der Waals surface area contributed by atoms with Gasteiger partial charge in [-0.1, -0.05) is 48.5 Å². The average Bonchev–Trinajstić information content (AvgIpc) is 3.52. The Hall–Kier alpha value is -3.74. The van der Waals surface area contributed by atoms with Crippen molar-refractivity contribution < 1.29 is 0 Å². The SMILES string of the molecule is c1cc(-c2c[nH]c([C@@H]3C[C@@H]4C[C@@H]4N3)n2)ccc1-c1ccc2cc(-c3c[nH]c([C@@H]4C[C@@H]5C[C@@H]5N4)n3)ccc2c1. The zero-order chi connectivity index (χ0) is 24.8. The van der Waals surface area contributed by atoms with E-state index in [9.17, 15) is 0 Å². The highest BCUT2D eigenvalue weighted by Gasteiger charge is 2.47. The summed E-state index contributed by atoms with van der Waals surface area (Å²) in [4.78, 5) is 16.6. The van der Waals surface area contributed by atoms with Gasteiger partial charge in [0, 0.05) is 35.6 Å². The van der Waals surface area contributed by atoms with Gasteiger partial charge in [0.15, 0.2) is 0 Å². The Balaban J connectivity index is 0.938. The summed E-state index contributed by atoms with van der Waals surface area (Å²) in [5.41, 5.74) is 6.78. The Kier molecular flexibility index (Phi) is 4.40. The molecule has 6 atom stereocenters. The molecule has 2 saturated carbocycles. The van der Waals surface area contributed by atoms with Gasteiger partial charge in [0.2, 0.25) is 0 Å². The second-order valence-corrected chi connectivity index (χ2v) is 11.8. The molecule has 188 valence electrons. The summed E-state index contributed by atoms with van der Waals surface area (Å²) in [6.07, 6.45) is 9.18. The first-order chi connectivity index (χ1) is 18.7. The maximum absolute atomic E-state index is 4.92. The lowest BCUT2D eigenvalue weighted by Gasteiger charge is -2.09. The van der Waals surface area contributed by atoms with Crippen molar-refractivity contribution in [2.45, 2.75) is 49.9 Å². The van der Waals surface area contributed by atoms with Gasteiger partial charge in [0.05, 0.1) is 23.5 Å². The summed E-state index contributed by atoms with van der Waals surface area (Å²) in [6.45, 7) is 0. The molecule has 5 aromatic rings. The molecule has 0 radical (unpaired) electrons. The molecule has 4 aliphatic rings. The molecule has 4 heterocycles. The zero-order valence-electron chi connectivity index (χ0n) is 21.1. The van der Waals surface area contributed by atoms with Crippen LogP contribution < -0.4 is 10.6 Å². The number of aromatic nitrogens is 4. The number of hydrogen-bond donors (Lipinski definition) is 4. The minimum Gasteiger partial charge on any atom is -0.347 e. The molecule has 4 fully saturated rings. The van der Waals surface area contributed by atoms with E-state index < -0.39 is 0 Å². The first-order valence-electron chi connectivity index (χ1n) is 14.0. The smallest absolute Gasteiger partial charge is 0.124 e. The van der Waals surface area contributed by atoms with Gasteiger partial charge in [-0.05, 0) is 71.6 Å². The number of hydrogen-bond acceptors (Lipinski definition) is 4. The van der Waals surface area contributed by atoms with E-state index in [-0.39, 0.29) is 0 Å². The summed E-state index contributed by atoms with van der Waals surface area (Å²) >= 11 is 0. The summed E-state index contributed by atoms with van der Waals surface area (Å²) in [5, 5.41) is 9.84. The van der Waals surface area contributed by atoms with E-state index in [1.807, 2.05) is 12.4 Å². The maximum Gasteiger partial charge on any atom is 0.124 e. The third-order valence-electron chi connectivity index (χ3n) is 9.26. The van der Waals surface area contributed by atoms with Gasteiger partial charge < -0.3 is 20.6 Å². The fourth-order valence-corrected chi connectivity index (χ4v) is 6.81. The van der Waals surface area contributed by atoms with Crippen LogP contribution in [0.4, 0.5) is 0 Å². The summed E-state index contributed by atoms with van der Waals surface area (Å²) in [7, 11) is 0. The molecule has 6 heteroatoms. The number of fused-ring (bicyclic) bond motifs is 3. The van der Waals surface area contributed by atoms with Crippen molar-refractivity contribution in [2.75, 3.05) is 0 Å². The molecule has 0 spiro atoms. The number of nitrogens with one attached hydrogen (secondary N) is 4. The van der Waals surface area contributed by atoms with Crippen LogP contribution >= 0.6 is 0 Å². The number of benzene rings is 3. The Morgan fingerprint density at radius 2 is 1.03 bits per heavy atom. The highest BCUT2D eigenvalue weighted by Crippen LogP contribution is 2.46. The van der Waals surface area contributed by atoms with Crippen LogP contribution in [0.25, 0.3) is 44.4 Å². The average molecular weight is 499 g/mol. The second-order valence-electron chi connectivity index (χ2n) is 11.8. The van der Waals surface area contributed by atoms with Gasteiger partial charge in [0.1, 0.15) is 11.6 Å². The van der Waals surface area contributed by atoms with Crippen LogP contribution in [0.15, 0.2) is 73.1 Å². The fourth-order valence-electron chi connectivity index (χ4n) is 6.81. The van der Waals surface area contributed by atoms with Crippen LogP contribution in [-0.4, -0.2) is 32.0 Å². The summed E-state index contributed by atoms with van der Waals surface area (Å²) in [6, 6.07) is 24.4. The zero-order valence-corrected chi connectivity index (χ0v) is 21.1. The second kappa shape index (κ2) is 7.88. The van der Waals surface area contributed by atoms with E-state index >= 15 is 0 Å². The predicted molar refractivity (Wildman–Crippen MR) is 149 cm³/mol. The van der Waals surface area contributed by atoms with Gasteiger partial charge in [0.25, 0.3) is 0 Å². The number of imidazole rings is 2. The van der Waals surface area contributed by atoms with Crippen molar-refractivity contribution in [3.05, 3.63) is 84.7 Å². The van der Waals surface area contributed by atoms with Gasteiger partial charge in [-0.3, -0.25) is 0 Å². The van der Waals surface area contributed by atoms with Crippen LogP contribution in [0.1, 0.15) is 49.4 Å². The number of nitrogens with zero attached hydrogens (tertiary/aromatic N) is 2. The summed E-state index contributed by atoms with van der Waals surface area (Å²) < 4.78 is 0. The topological polar surface area (TPSA) is 81.4 Å². The van der Waals surface area contributed by atoms with Crippen LogP contribution in [0.3, 0.4) is 0 Å². The molecule has 3 aromatic carbocycles. The minimum absolute atomic E-state index is 0.381. The fraction of sp³-hybridized carbons (Fsp3) is 0.312.